The van der Waals surface area contributed by atoms with Gasteiger partial charge in [0.2, 0.25) is 0 Å². The third-order valence-corrected chi connectivity index (χ3v) is 2.18. The fourth-order valence-electron chi connectivity index (χ4n) is 1.28. The molecule has 0 radical (unpaired) electrons. The van der Waals surface area contributed by atoms with E-state index < -0.39 is 5.97 Å². The highest BCUT2D eigenvalue weighted by Crippen LogP contribution is 2.19. The average Bonchev–Trinajstić information content (AvgIpc) is 2.36. The molecule has 19 heavy (non-hydrogen) atoms. The van der Waals surface area contributed by atoms with Gasteiger partial charge in [-0.3, -0.25) is 4.79 Å². The monoisotopic (exact) mass is 263 g/mol. The highest BCUT2D eigenvalue weighted by molar-refractivity contribution is 5.93. The molecule has 0 spiro atoms. The van der Waals surface area contributed by atoms with Crippen LogP contribution in [0.4, 0.5) is 5.69 Å². The Morgan fingerprint density at radius 3 is 2.79 bits per heavy atom. The Morgan fingerprint density at radius 1 is 1.47 bits per heavy atom. The number of carbonyl (C=O) groups excluding carboxylic acids is 1. The van der Waals surface area contributed by atoms with Crippen molar-refractivity contribution in [2.45, 2.75) is 6.42 Å². The number of rotatable bonds is 6. The van der Waals surface area contributed by atoms with Gasteiger partial charge >= 0.3 is 5.97 Å². The second-order valence-electron chi connectivity index (χ2n) is 3.60. The number of carboxylic acid groups (broad SMARTS) is 1. The number of carbonyl (C=O) groups is 2. The lowest BCUT2D eigenvalue weighted by Crippen LogP contribution is -2.29. The number of carboxylic acids is 1. The SMILES string of the molecule is N#CCCNC(=O)COc1ccc(C(=O)O)c(N)c1. The highest BCUT2D eigenvalue weighted by Gasteiger charge is 2.09. The van der Waals surface area contributed by atoms with Crippen LogP contribution in [0.25, 0.3) is 0 Å². The van der Waals surface area contributed by atoms with Crippen LogP contribution in [-0.2, 0) is 4.79 Å². The van der Waals surface area contributed by atoms with Gasteiger partial charge in [0.15, 0.2) is 6.61 Å². The molecule has 0 fully saturated rings. The molecule has 0 saturated carbocycles. The van der Waals surface area contributed by atoms with Crippen LogP contribution >= 0.6 is 0 Å². The number of hydrogen-bond acceptors (Lipinski definition) is 5. The van der Waals surface area contributed by atoms with Crippen LogP contribution < -0.4 is 15.8 Å². The molecule has 0 aliphatic carbocycles. The van der Waals surface area contributed by atoms with Crippen molar-refractivity contribution in [1.29, 1.82) is 5.26 Å². The number of nitrogens with one attached hydrogen (secondary N) is 1. The molecule has 0 unspecified atom stereocenters. The zero-order valence-electron chi connectivity index (χ0n) is 10.0. The van der Waals surface area contributed by atoms with Gasteiger partial charge in [-0.15, -0.1) is 0 Å². The number of nitrogens with zero attached hydrogens (tertiary/aromatic N) is 1. The van der Waals surface area contributed by atoms with E-state index in [2.05, 4.69) is 5.32 Å². The van der Waals surface area contributed by atoms with Gasteiger partial charge in [0.25, 0.3) is 5.91 Å². The lowest BCUT2D eigenvalue weighted by molar-refractivity contribution is -0.123. The number of nitrogens with two attached hydrogens (primary N) is 1. The molecule has 0 saturated heterocycles. The molecule has 0 heterocycles. The summed E-state index contributed by atoms with van der Waals surface area (Å²) in [6.45, 7) is 0.0378. The molecular formula is C12H13N3O4. The number of amides is 1. The molecule has 7 heteroatoms. The predicted molar refractivity (Wildman–Crippen MR) is 66.5 cm³/mol. The van der Waals surface area contributed by atoms with Gasteiger partial charge in [0, 0.05) is 18.3 Å². The van der Waals surface area contributed by atoms with Gasteiger partial charge in [-0.05, 0) is 12.1 Å². The number of ether oxygens (including phenoxy) is 1. The summed E-state index contributed by atoms with van der Waals surface area (Å²) in [4.78, 5) is 22.0. The number of benzene rings is 1. The van der Waals surface area contributed by atoms with Crippen LogP contribution in [0.15, 0.2) is 18.2 Å². The third kappa shape index (κ3) is 4.55. The van der Waals surface area contributed by atoms with Crippen molar-refractivity contribution in [3.63, 3.8) is 0 Å². The maximum Gasteiger partial charge on any atom is 0.337 e. The Morgan fingerprint density at radius 2 is 2.21 bits per heavy atom. The van der Waals surface area contributed by atoms with Crippen molar-refractivity contribution in [3.8, 4) is 11.8 Å². The van der Waals surface area contributed by atoms with Crippen molar-refractivity contribution < 1.29 is 19.4 Å². The summed E-state index contributed by atoms with van der Waals surface area (Å²) in [7, 11) is 0. The molecule has 0 aromatic heterocycles. The van der Waals surface area contributed by atoms with Crippen LogP contribution in [-0.4, -0.2) is 30.1 Å². The molecule has 1 aromatic carbocycles. The van der Waals surface area contributed by atoms with Crippen LogP contribution in [0.5, 0.6) is 5.75 Å². The Balaban J connectivity index is 2.50. The maximum atomic E-state index is 11.3. The summed E-state index contributed by atoms with van der Waals surface area (Å²) in [6.07, 6.45) is 0.228. The van der Waals surface area contributed by atoms with Crippen molar-refractivity contribution in [2.24, 2.45) is 0 Å². The van der Waals surface area contributed by atoms with Crippen LogP contribution in [0, 0.1) is 11.3 Å². The molecule has 7 nitrogen and oxygen atoms in total. The second-order valence-corrected chi connectivity index (χ2v) is 3.60. The predicted octanol–water partition coefficient (Wildman–Crippen LogP) is 0.376. The Kier molecular flexibility index (Phi) is 5.17. The third-order valence-electron chi connectivity index (χ3n) is 2.18. The van der Waals surface area contributed by atoms with E-state index in [1.807, 2.05) is 6.07 Å². The van der Waals surface area contributed by atoms with E-state index >= 15 is 0 Å². The highest BCUT2D eigenvalue weighted by atomic mass is 16.5. The van der Waals surface area contributed by atoms with Crippen LogP contribution in [0.2, 0.25) is 0 Å². The number of aromatic carboxylic acids is 1. The summed E-state index contributed by atoms with van der Waals surface area (Å²) in [5.41, 5.74) is 5.57. The van der Waals surface area contributed by atoms with E-state index in [0.29, 0.717) is 5.75 Å². The van der Waals surface area contributed by atoms with Gasteiger partial charge < -0.3 is 20.9 Å². The van der Waals surface area contributed by atoms with Crippen molar-refractivity contribution >= 4 is 17.6 Å². The minimum absolute atomic E-state index is 0.0224. The number of nitrogen functional groups attached to an aromatic ring is 1. The first-order valence-corrected chi connectivity index (χ1v) is 5.44. The van der Waals surface area contributed by atoms with E-state index in [0.717, 1.165) is 0 Å². The van der Waals surface area contributed by atoms with E-state index in [1.165, 1.54) is 18.2 Å². The zero-order chi connectivity index (χ0) is 14.3. The lowest BCUT2D eigenvalue weighted by atomic mass is 10.2. The smallest absolute Gasteiger partial charge is 0.337 e. The number of nitriles is 1. The summed E-state index contributed by atoms with van der Waals surface area (Å²) in [5, 5.41) is 19.6. The minimum atomic E-state index is -1.13. The molecule has 100 valence electrons. The zero-order valence-corrected chi connectivity index (χ0v) is 10.0. The van der Waals surface area contributed by atoms with Gasteiger partial charge in [-0.2, -0.15) is 5.26 Å². The molecular weight excluding hydrogens is 250 g/mol. The van der Waals surface area contributed by atoms with E-state index in [1.54, 1.807) is 0 Å². The van der Waals surface area contributed by atoms with Gasteiger partial charge in [0.05, 0.1) is 18.1 Å². The molecule has 1 aromatic rings. The Hall–Kier alpha value is -2.75. The molecule has 1 rings (SSSR count). The van der Waals surface area contributed by atoms with Gasteiger partial charge in [-0.1, -0.05) is 0 Å². The Labute approximate surface area is 109 Å². The Bertz CT molecular complexity index is 522. The van der Waals surface area contributed by atoms with Gasteiger partial charge in [0.1, 0.15) is 5.75 Å². The topological polar surface area (TPSA) is 125 Å². The minimum Gasteiger partial charge on any atom is -0.484 e. The average molecular weight is 263 g/mol. The summed E-state index contributed by atoms with van der Waals surface area (Å²) in [5.74, 6) is -1.19. The largest absolute Gasteiger partial charge is 0.484 e. The normalized spacial score (nSPS) is 9.42. The van der Waals surface area contributed by atoms with Crippen LogP contribution in [0.3, 0.4) is 0 Å². The first kappa shape index (κ1) is 14.3. The second kappa shape index (κ2) is 6.86. The first-order valence-electron chi connectivity index (χ1n) is 5.44. The van der Waals surface area contributed by atoms with E-state index in [-0.39, 0.29) is 36.7 Å². The fourth-order valence-corrected chi connectivity index (χ4v) is 1.28. The maximum absolute atomic E-state index is 11.3. The van der Waals surface area contributed by atoms with Crippen molar-refractivity contribution in [2.75, 3.05) is 18.9 Å². The molecule has 0 atom stereocenters. The van der Waals surface area contributed by atoms with E-state index in [4.69, 9.17) is 20.8 Å². The van der Waals surface area contributed by atoms with Crippen LogP contribution in [0.1, 0.15) is 16.8 Å². The molecule has 0 aliphatic heterocycles. The molecule has 0 aliphatic rings. The lowest BCUT2D eigenvalue weighted by Gasteiger charge is -2.08. The number of hydrogen-bond donors (Lipinski definition) is 3. The summed E-state index contributed by atoms with van der Waals surface area (Å²) in [6, 6.07) is 5.96. The quantitative estimate of drug-likeness (QED) is 0.503. The van der Waals surface area contributed by atoms with E-state index in [9.17, 15) is 9.59 Å². The molecule has 4 N–H and O–H groups in total. The molecule has 0 bridgehead atoms. The fraction of sp³-hybridized carbons (Fsp3) is 0.250. The first-order chi connectivity index (χ1) is 9.04. The standard InChI is InChI=1S/C12H13N3O4/c13-4-1-5-15-11(16)7-19-8-2-3-9(12(17)18)10(14)6-8/h2-3,6H,1,5,7,14H2,(H,15,16)(H,17,18). The van der Waals surface area contributed by atoms with Crippen molar-refractivity contribution in [3.05, 3.63) is 23.8 Å². The molecule has 1 amide bonds. The number of anilines is 1. The van der Waals surface area contributed by atoms with Crippen molar-refractivity contribution in [1.82, 2.24) is 5.32 Å². The summed E-state index contributed by atoms with van der Waals surface area (Å²) < 4.78 is 5.15. The van der Waals surface area contributed by atoms with Gasteiger partial charge in [-0.25, -0.2) is 4.79 Å². The summed E-state index contributed by atoms with van der Waals surface area (Å²) >= 11 is 0.